The number of halogens is 1. The Morgan fingerprint density at radius 2 is 1.86 bits per heavy atom. The Balaban J connectivity index is 4.10. The molecule has 0 saturated carbocycles. The molecule has 0 spiro atoms. The molecule has 0 heterocycles. The van der Waals surface area contributed by atoms with Crippen LogP contribution in [0.15, 0.2) is 0 Å². The molecule has 0 N–H and O–H groups in total. The van der Waals surface area contributed by atoms with Gasteiger partial charge in [-0.05, 0) is 6.92 Å². The van der Waals surface area contributed by atoms with Crippen LogP contribution in [-0.4, -0.2) is 17.1 Å². The van der Waals surface area contributed by atoms with Crippen LogP contribution in [0.3, 0.4) is 0 Å². The van der Waals surface area contributed by atoms with Crippen LogP contribution >= 0.6 is 15.9 Å². The zero-order valence-corrected chi connectivity index (χ0v) is 5.99. The SMILES string of the molecule is CC(Br)S(=O)(=O)[O-]. The Morgan fingerprint density at radius 3 is 1.86 bits per heavy atom. The molecule has 1 atom stereocenters. The highest BCUT2D eigenvalue weighted by Crippen LogP contribution is 2.03. The van der Waals surface area contributed by atoms with E-state index in [1.54, 1.807) is 0 Å². The van der Waals surface area contributed by atoms with E-state index in [0.717, 1.165) is 0 Å². The van der Waals surface area contributed by atoms with Gasteiger partial charge in [0.05, 0.1) is 0 Å². The Labute approximate surface area is 50.6 Å². The van der Waals surface area contributed by atoms with Gasteiger partial charge in [-0.15, -0.1) is 0 Å². The maximum atomic E-state index is 9.73. The predicted molar refractivity (Wildman–Crippen MR) is 28.1 cm³/mol. The van der Waals surface area contributed by atoms with Crippen molar-refractivity contribution in [3.8, 4) is 0 Å². The summed E-state index contributed by atoms with van der Waals surface area (Å²) in [6.45, 7) is 1.27. The van der Waals surface area contributed by atoms with E-state index in [-0.39, 0.29) is 0 Å². The molecule has 5 heteroatoms. The van der Waals surface area contributed by atoms with Gasteiger partial charge >= 0.3 is 0 Å². The van der Waals surface area contributed by atoms with Crippen molar-refractivity contribution in [1.29, 1.82) is 0 Å². The van der Waals surface area contributed by atoms with Gasteiger partial charge in [-0.1, -0.05) is 15.9 Å². The second kappa shape index (κ2) is 2.11. The first-order valence-corrected chi connectivity index (χ1v) is 3.92. The summed E-state index contributed by atoms with van der Waals surface area (Å²) in [4.78, 5) is 0. The molecule has 0 aliphatic carbocycles. The quantitative estimate of drug-likeness (QED) is 0.438. The third-order valence-electron chi connectivity index (χ3n) is 0.398. The molecule has 0 aromatic heterocycles. The van der Waals surface area contributed by atoms with Crippen molar-refractivity contribution >= 4 is 26.0 Å². The minimum Gasteiger partial charge on any atom is -0.747 e. The van der Waals surface area contributed by atoms with E-state index >= 15 is 0 Å². The van der Waals surface area contributed by atoms with Crippen LogP contribution in [0.1, 0.15) is 6.92 Å². The van der Waals surface area contributed by atoms with E-state index in [1.807, 2.05) is 0 Å². The molecule has 0 rings (SSSR count). The first-order valence-electron chi connectivity index (χ1n) is 1.53. The number of alkyl halides is 1. The van der Waals surface area contributed by atoms with Gasteiger partial charge in [-0.3, -0.25) is 0 Å². The van der Waals surface area contributed by atoms with Gasteiger partial charge in [-0.2, -0.15) is 0 Å². The summed E-state index contributed by atoms with van der Waals surface area (Å²) < 4.78 is 28.2. The van der Waals surface area contributed by atoms with Crippen molar-refractivity contribution in [3.05, 3.63) is 0 Å². The molecule has 0 saturated heterocycles. The smallest absolute Gasteiger partial charge is 0.107 e. The van der Waals surface area contributed by atoms with Crippen molar-refractivity contribution in [2.45, 2.75) is 11.1 Å². The standard InChI is InChI=1S/C2H5BrO3S/c1-2(3)7(4,5)6/h2H,1H3,(H,4,5,6)/p-1. The predicted octanol–water partition coefficient (Wildman–Crippen LogP) is 0.273. The van der Waals surface area contributed by atoms with E-state index in [1.165, 1.54) is 6.92 Å². The van der Waals surface area contributed by atoms with Gasteiger partial charge in [-0.25, -0.2) is 8.42 Å². The average Bonchev–Trinajstić information content (AvgIpc) is 1.31. The topological polar surface area (TPSA) is 57.2 Å². The monoisotopic (exact) mass is 187 g/mol. The third-order valence-corrected chi connectivity index (χ3v) is 2.57. The van der Waals surface area contributed by atoms with Gasteiger partial charge in [0.2, 0.25) is 0 Å². The van der Waals surface area contributed by atoms with Crippen LogP contribution in [0.4, 0.5) is 0 Å². The van der Waals surface area contributed by atoms with E-state index in [9.17, 15) is 13.0 Å². The highest BCUT2D eigenvalue weighted by atomic mass is 79.9. The summed E-state index contributed by atoms with van der Waals surface area (Å²) in [5.74, 6) is 0. The Kier molecular flexibility index (Phi) is 2.22. The minimum atomic E-state index is -4.07. The van der Waals surface area contributed by atoms with Crippen LogP contribution in [0.25, 0.3) is 0 Å². The third kappa shape index (κ3) is 3.02. The van der Waals surface area contributed by atoms with Crippen LogP contribution in [0.5, 0.6) is 0 Å². The zero-order valence-electron chi connectivity index (χ0n) is 3.59. The van der Waals surface area contributed by atoms with Crippen molar-refractivity contribution < 1.29 is 13.0 Å². The zero-order chi connectivity index (χ0) is 6.08. The largest absolute Gasteiger partial charge is 0.747 e. The van der Waals surface area contributed by atoms with Crippen LogP contribution in [0, 0.1) is 0 Å². The summed E-state index contributed by atoms with van der Waals surface area (Å²) in [6.07, 6.45) is 0. The van der Waals surface area contributed by atoms with Gasteiger partial charge < -0.3 is 4.55 Å². The molecule has 0 bridgehead atoms. The normalized spacial score (nSPS) is 16.4. The van der Waals surface area contributed by atoms with E-state index in [0.29, 0.717) is 0 Å². The molecule has 3 nitrogen and oxygen atoms in total. The number of hydrogen-bond acceptors (Lipinski definition) is 3. The van der Waals surface area contributed by atoms with Gasteiger partial charge in [0.15, 0.2) is 0 Å². The van der Waals surface area contributed by atoms with E-state index < -0.39 is 14.3 Å². The number of hydrogen-bond donors (Lipinski definition) is 0. The highest BCUT2D eigenvalue weighted by Gasteiger charge is 2.00. The van der Waals surface area contributed by atoms with E-state index in [4.69, 9.17) is 0 Å². The molecular weight excluding hydrogens is 184 g/mol. The summed E-state index contributed by atoms with van der Waals surface area (Å²) in [6, 6.07) is 0. The molecule has 0 aromatic carbocycles. The molecule has 7 heavy (non-hydrogen) atoms. The first kappa shape index (κ1) is 7.39. The molecule has 1 unspecified atom stereocenters. The lowest BCUT2D eigenvalue weighted by Crippen LogP contribution is -2.08. The Morgan fingerprint density at radius 1 is 1.71 bits per heavy atom. The summed E-state index contributed by atoms with van der Waals surface area (Å²) in [5.41, 5.74) is 0. The lowest BCUT2D eigenvalue weighted by atomic mass is 11.0. The highest BCUT2D eigenvalue weighted by molar-refractivity contribution is 9.11. The van der Waals surface area contributed by atoms with Crippen molar-refractivity contribution in [2.75, 3.05) is 0 Å². The van der Waals surface area contributed by atoms with Crippen molar-refractivity contribution in [1.82, 2.24) is 0 Å². The van der Waals surface area contributed by atoms with Crippen LogP contribution in [0.2, 0.25) is 0 Å². The van der Waals surface area contributed by atoms with Gasteiger partial charge in [0.1, 0.15) is 14.3 Å². The summed E-state index contributed by atoms with van der Waals surface area (Å²) in [7, 11) is -4.07. The van der Waals surface area contributed by atoms with Crippen molar-refractivity contribution in [3.63, 3.8) is 0 Å². The number of rotatable bonds is 1. The molecule has 0 aliphatic rings. The van der Waals surface area contributed by atoms with Crippen LogP contribution < -0.4 is 0 Å². The second-order valence-corrected chi connectivity index (χ2v) is 4.71. The maximum absolute atomic E-state index is 9.73. The fourth-order valence-electron chi connectivity index (χ4n) is 0. The first-order chi connectivity index (χ1) is 2.94. The second-order valence-electron chi connectivity index (χ2n) is 1.04. The molecule has 0 amide bonds. The molecule has 44 valence electrons. The lowest BCUT2D eigenvalue weighted by molar-refractivity contribution is 0.462. The van der Waals surface area contributed by atoms with Gasteiger partial charge in [0.25, 0.3) is 0 Å². The fraction of sp³-hybridized carbons (Fsp3) is 1.00. The van der Waals surface area contributed by atoms with Gasteiger partial charge in [0, 0.05) is 0 Å². The summed E-state index contributed by atoms with van der Waals surface area (Å²) in [5, 5.41) is 0. The van der Waals surface area contributed by atoms with Crippen LogP contribution in [-0.2, 0) is 10.1 Å². The molecular formula is C2H4BrO3S-. The van der Waals surface area contributed by atoms with Crippen molar-refractivity contribution in [2.24, 2.45) is 0 Å². The molecule has 0 aromatic rings. The minimum absolute atomic E-state index is 0.972. The molecule has 0 fully saturated rings. The average molecular weight is 188 g/mol. The summed E-state index contributed by atoms with van der Waals surface area (Å²) >= 11 is 2.59. The molecule has 0 aliphatic heterocycles. The molecule has 0 radical (unpaired) electrons. The Bertz CT molecular complexity index is 135. The van der Waals surface area contributed by atoms with E-state index in [2.05, 4.69) is 15.9 Å². The fourth-order valence-corrected chi connectivity index (χ4v) is 0. The Hall–Kier alpha value is 0.390. The maximum Gasteiger partial charge on any atom is 0.107 e. The lowest BCUT2D eigenvalue weighted by Gasteiger charge is -2.06.